The number of rotatable bonds is 0. The molecule has 2 aliphatic rings. The van der Waals surface area contributed by atoms with Crippen LogP contribution in [0.15, 0.2) is 0 Å². The van der Waals surface area contributed by atoms with E-state index < -0.39 is 0 Å². The van der Waals surface area contributed by atoms with Crippen LogP contribution in [-0.4, -0.2) is 29.4 Å². The van der Waals surface area contributed by atoms with Crippen molar-refractivity contribution in [3.8, 4) is 0 Å². The normalized spacial score (nSPS) is 38.9. The van der Waals surface area contributed by atoms with Crippen molar-refractivity contribution < 1.29 is 4.79 Å². The molecule has 2 aliphatic heterocycles. The molecule has 2 rings (SSSR count). The first-order valence-corrected chi connectivity index (χ1v) is 3.76. The van der Waals surface area contributed by atoms with Crippen molar-refractivity contribution in [2.45, 2.75) is 24.8 Å². The number of amides is 1. The molecule has 2 fully saturated rings. The van der Waals surface area contributed by atoms with Gasteiger partial charge in [-0.3, -0.25) is 4.79 Å². The minimum absolute atomic E-state index is 0.157. The zero-order valence-electron chi connectivity index (χ0n) is 5.97. The van der Waals surface area contributed by atoms with Crippen LogP contribution in [-0.2, 0) is 4.79 Å². The van der Waals surface area contributed by atoms with Crippen molar-refractivity contribution in [2.24, 2.45) is 5.73 Å². The molecule has 2 heterocycles. The fourth-order valence-electron chi connectivity index (χ4n) is 1.93. The largest absolute Gasteiger partial charge is 0.341 e. The second kappa shape index (κ2) is 1.72. The van der Waals surface area contributed by atoms with Gasteiger partial charge in [-0.1, -0.05) is 0 Å². The molecule has 0 aromatic carbocycles. The van der Waals surface area contributed by atoms with Crippen LogP contribution in [0, 0.1) is 0 Å². The highest BCUT2D eigenvalue weighted by molar-refractivity contribution is 5.80. The number of piperidine rings is 1. The number of nitrogens with zero attached hydrogens (tertiary/aromatic N) is 1. The molecular formula is C7H12N2O. The summed E-state index contributed by atoms with van der Waals surface area (Å²) in [7, 11) is 0. The Labute approximate surface area is 60.2 Å². The fourth-order valence-corrected chi connectivity index (χ4v) is 1.93. The van der Waals surface area contributed by atoms with Gasteiger partial charge in [-0.05, 0) is 12.8 Å². The summed E-state index contributed by atoms with van der Waals surface area (Å²) in [5.41, 5.74) is 5.77. The van der Waals surface area contributed by atoms with Gasteiger partial charge in [0.05, 0.1) is 0 Å². The van der Waals surface area contributed by atoms with Crippen molar-refractivity contribution in [3.05, 3.63) is 0 Å². The molecule has 2 saturated heterocycles. The van der Waals surface area contributed by atoms with Gasteiger partial charge in [0.1, 0.15) is 0 Å². The molecule has 0 aliphatic carbocycles. The number of fused-ring (bicyclic) bond motifs is 2. The number of nitrogens with two attached hydrogens (primary N) is 1. The predicted octanol–water partition coefficient (Wildman–Crippen LogP) is -0.290. The van der Waals surface area contributed by atoms with Crippen LogP contribution in [0.3, 0.4) is 0 Å². The molecule has 2 N–H and O–H groups in total. The average Bonchev–Trinajstić information content (AvgIpc) is 2.03. The Morgan fingerprint density at radius 3 is 3.00 bits per heavy atom. The maximum atomic E-state index is 11.1. The lowest BCUT2D eigenvalue weighted by Crippen LogP contribution is -2.46. The van der Waals surface area contributed by atoms with Crippen LogP contribution in [0.1, 0.15) is 19.3 Å². The van der Waals surface area contributed by atoms with Crippen molar-refractivity contribution in [2.75, 3.05) is 13.1 Å². The molecule has 1 unspecified atom stereocenters. The van der Waals surface area contributed by atoms with Crippen molar-refractivity contribution in [1.82, 2.24) is 4.90 Å². The molecule has 56 valence electrons. The SMILES string of the molecule is NC12CCCN(C1)C(=O)C2. The first-order valence-electron chi connectivity index (χ1n) is 3.76. The zero-order chi connectivity index (χ0) is 7.19. The van der Waals surface area contributed by atoms with E-state index in [1.807, 2.05) is 4.90 Å². The number of carbonyl (C=O) groups is 1. The van der Waals surface area contributed by atoms with E-state index in [2.05, 4.69) is 0 Å². The summed E-state index contributed by atoms with van der Waals surface area (Å²) in [6, 6.07) is 0. The highest BCUT2D eigenvalue weighted by Crippen LogP contribution is 2.29. The minimum atomic E-state index is -0.157. The zero-order valence-corrected chi connectivity index (χ0v) is 5.97. The smallest absolute Gasteiger partial charge is 0.224 e. The second-order valence-corrected chi connectivity index (χ2v) is 3.46. The number of hydrogen-bond donors (Lipinski definition) is 1. The second-order valence-electron chi connectivity index (χ2n) is 3.46. The van der Waals surface area contributed by atoms with Gasteiger partial charge in [0.15, 0.2) is 0 Å². The summed E-state index contributed by atoms with van der Waals surface area (Å²) < 4.78 is 0. The van der Waals surface area contributed by atoms with Crippen LogP contribution in [0.25, 0.3) is 0 Å². The van der Waals surface area contributed by atoms with E-state index in [0.717, 1.165) is 25.9 Å². The Kier molecular flexibility index (Phi) is 1.06. The van der Waals surface area contributed by atoms with Crippen LogP contribution in [0.5, 0.6) is 0 Å². The van der Waals surface area contributed by atoms with Gasteiger partial charge in [0, 0.05) is 25.0 Å². The predicted molar refractivity (Wildman–Crippen MR) is 37.3 cm³/mol. The Morgan fingerprint density at radius 1 is 1.60 bits per heavy atom. The van der Waals surface area contributed by atoms with Gasteiger partial charge in [-0.25, -0.2) is 0 Å². The van der Waals surface area contributed by atoms with Gasteiger partial charge < -0.3 is 10.6 Å². The lowest BCUT2D eigenvalue weighted by Gasteiger charge is -2.29. The lowest BCUT2D eigenvalue weighted by atomic mass is 9.92. The van der Waals surface area contributed by atoms with Gasteiger partial charge in [-0.15, -0.1) is 0 Å². The third kappa shape index (κ3) is 0.736. The molecule has 3 nitrogen and oxygen atoms in total. The third-order valence-electron chi connectivity index (χ3n) is 2.46. The molecule has 0 spiro atoms. The molecule has 0 saturated carbocycles. The maximum Gasteiger partial charge on any atom is 0.224 e. The van der Waals surface area contributed by atoms with Crippen molar-refractivity contribution in [1.29, 1.82) is 0 Å². The van der Waals surface area contributed by atoms with Gasteiger partial charge in [-0.2, -0.15) is 0 Å². The highest BCUT2D eigenvalue weighted by atomic mass is 16.2. The molecular weight excluding hydrogens is 128 g/mol. The monoisotopic (exact) mass is 140 g/mol. The van der Waals surface area contributed by atoms with Crippen LogP contribution < -0.4 is 5.73 Å². The van der Waals surface area contributed by atoms with E-state index in [0.29, 0.717) is 6.42 Å². The van der Waals surface area contributed by atoms with E-state index >= 15 is 0 Å². The first-order chi connectivity index (χ1) is 4.70. The van der Waals surface area contributed by atoms with Crippen LogP contribution >= 0.6 is 0 Å². The van der Waals surface area contributed by atoms with Crippen molar-refractivity contribution >= 4 is 5.91 Å². The minimum Gasteiger partial charge on any atom is -0.341 e. The fraction of sp³-hybridized carbons (Fsp3) is 0.857. The van der Waals surface area contributed by atoms with Crippen molar-refractivity contribution in [3.63, 3.8) is 0 Å². The molecule has 3 heteroatoms. The average molecular weight is 140 g/mol. The summed E-state index contributed by atoms with van der Waals surface area (Å²) in [6.07, 6.45) is 2.68. The molecule has 2 bridgehead atoms. The van der Waals surface area contributed by atoms with E-state index in [1.54, 1.807) is 0 Å². The van der Waals surface area contributed by atoms with Gasteiger partial charge in [0.2, 0.25) is 5.91 Å². The summed E-state index contributed by atoms with van der Waals surface area (Å²) in [4.78, 5) is 13.0. The Balaban J connectivity index is 2.23. The summed E-state index contributed by atoms with van der Waals surface area (Å²) in [5.74, 6) is 0.250. The van der Waals surface area contributed by atoms with Crippen LogP contribution in [0.4, 0.5) is 0 Å². The third-order valence-corrected chi connectivity index (χ3v) is 2.46. The molecule has 1 amide bonds. The summed E-state index contributed by atoms with van der Waals surface area (Å²) in [5, 5.41) is 0. The Bertz CT molecular complexity index is 180. The maximum absolute atomic E-state index is 11.1. The molecule has 10 heavy (non-hydrogen) atoms. The first kappa shape index (κ1) is 6.16. The van der Waals surface area contributed by atoms with Crippen LogP contribution in [0.2, 0.25) is 0 Å². The Morgan fingerprint density at radius 2 is 2.40 bits per heavy atom. The van der Waals surface area contributed by atoms with E-state index in [1.165, 1.54) is 0 Å². The standard InChI is InChI=1S/C7H12N2O/c8-7-2-1-3-9(5-7)6(10)4-7/h1-5,8H2. The highest BCUT2D eigenvalue weighted by Gasteiger charge is 2.42. The molecule has 0 aromatic heterocycles. The summed E-state index contributed by atoms with van der Waals surface area (Å²) in [6.45, 7) is 1.73. The van der Waals surface area contributed by atoms with E-state index in [9.17, 15) is 4.79 Å². The molecule has 1 atom stereocenters. The summed E-state index contributed by atoms with van der Waals surface area (Å²) >= 11 is 0. The lowest BCUT2D eigenvalue weighted by molar-refractivity contribution is -0.127. The molecule has 0 radical (unpaired) electrons. The van der Waals surface area contributed by atoms with E-state index in [4.69, 9.17) is 5.73 Å². The number of carbonyl (C=O) groups excluding carboxylic acids is 1. The molecule has 0 aromatic rings. The number of hydrogen-bond acceptors (Lipinski definition) is 2. The Hall–Kier alpha value is -0.570. The van der Waals surface area contributed by atoms with Gasteiger partial charge in [0.25, 0.3) is 0 Å². The quantitative estimate of drug-likeness (QED) is 0.502. The van der Waals surface area contributed by atoms with E-state index in [-0.39, 0.29) is 11.4 Å². The van der Waals surface area contributed by atoms with Gasteiger partial charge >= 0.3 is 0 Å². The topological polar surface area (TPSA) is 46.3 Å².